The van der Waals surface area contributed by atoms with Gasteiger partial charge in [-0.15, -0.1) is 0 Å². The first-order valence-corrected chi connectivity index (χ1v) is 7.85. The number of hydrogen-bond donors (Lipinski definition) is 1. The van der Waals surface area contributed by atoms with Crippen LogP contribution in [-0.2, 0) is 22.7 Å². The first kappa shape index (κ1) is 16.7. The predicted octanol–water partition coefficient (Wildman–Crippen LogP) is 1.33. The second kappa shape index (κ2) is 7.54. The summed E-state index contributed by atoms with van der Waals surface area (Å²) >= 11 is 0. The van der Waals surface area contributed by atoms with Gasteiger partial charge in [0, 0.05) is 19.2 Å². The average molecular weight is 307 g/mol. The Morgan fingerprint density at radius 3 is 2.91 bits per heavy atom. The maximum absolute atomic E-state index is 12.2. The molecule has 1 fully saturated rings. The molecule has 0 unspecified atom stereocenters. The number of amides is 1. The Morgan fingerprint density at radius 1 is 1.45 bits per heavy atom. The van der Waals surface area contributed by atoms with Gasteiger partial charge < -0.3 is 10.1 Å². The average Bonchev–Trinajstić information content (AvgIpc) is 2.47. The highest BCUT2D eigenvalue weighted by atomic mass is 16.5. The highest BCUT2D eigenvalue weighted by molar-refractivity contribution is 5.76. The summed E-state index contributed by atoms with van der Waals surface area (Å²) in [6, 6.07) is 1.61. The third kappa shape index (κ3) is 4.16. The van der Waals surface area contributed by atoms with Gasteiger partial charge in [-0.05, 0) is 18.3 Å². The van der Waals surface area contributed by atoms with Crippen molar-refractivity contribution in [3.63, 3.8) is 0 Å². The van der Waals surface area contributed by atoms with E-state index in [1.807, 2.05) is 0 Å². The van der Waals surface area contributed by atoms with E-state index in [0.717, 1.165) is 12.8 Å². The first-order valence-electron chi connectivity index (χ1n) is 7.85. The van der Waals surface area contributed by atoms with Crippen LogP contribution in [0.1, 0.15) is 38.8 Å². The number of methoxy groups -OCH3 is 1. The monoisotopic (exact) mass is 307 g/mol. The zero-order valence-corrected chi connectivity index (χ0v) is 13.5. The second-order valence-corrected chi connectivity index (χ2v) is 6.22. The van der Waals surface area contributed by atoms with E-state index >= 15 is 0 Å². The zero-order chi connectivity index (χ0) is 16.1. The fourth-order valence-corrected chi connectivity index (χ4v) is 3.00. The minimum absolute atomic E-state index is 0.0106. The summed E-state index contributed by atoms with van der Waals surface area (Å²) in [5.41, 5.74) is 0.334. The molecule has 1 aliphatic carbocycles. The largest absolute Gasteiger partial charge is 0.378 e. The van der Waals surface area contributed by atoms with Crippen LogP contribution in [0, 0.1) is 11.8 Å². The van der Waals surface area contributed by atoms with Crippen LogP contribution in [0.2, 0.25) is 0 Å². The van der Waals surface area contributed by atoms with Crippen molar-refractivity contribution in [2.24, 2.45) is 11.8 Å². The first-order chi connectivity index (χ1) is 10.5. The van der Waals surface area contributed by atoms with E-state index in [0.29, 0.717) is 24.1 Å². The molecule has 1 aromatic rings. The van der Waals surface area contributed by atoms with E-state index in [4.69, 9.17) is 4.74 Å². The Balaban J connectivity index is 1.96. The van der Waals surface area contributed by atoms with Gasteiger partial charge in [0.2, 0.25) is 5.91 Å². The molecule has 1 aromatic heterocycles. The van der Waals surface area contributed by atoms with Crippen molar-refractivity contribution in [3.8, 4) is 0 Å². The zero-order valence-electron chi connectivity index (χ0n) is 13.5. The maximum Gasteiger partial charge on any atom is 0.254 e. The Morgan fingerprint density at radius 2 is 2.23 bits per heavy atom. The molecule has 6 nitrogen and oxygen atoms in total. The van der Waals surface area contributed by atoms with E-state index < -0.39 is 0 Å². The van der Waals surface area contributed by atoms with Gasteiger partial charge in [0.15, 0.2) is 0 Å². The van der Waals surface area contributed by atoms with Crippen molar-refractivity contribution in [1.82, 2.24) is 14.9 Å². The molecule has 1 saturated carbocycles. The number of aromatic nitrogens is 2. The lowest BCUT2D eigenvalue weighted by Crippen LogP contribution is -2.45. The molecule has 1 amide bonds. The molecule has 22 heavy (non-hydrogen) atoms. The van der Waals surface area contributed by atoms with Gasteiger partial charge in [0.25, 0.3) is 5.56 Å². The third-order valence-corrected chi connectivity index (χ3v) is 4.60. The molecule has 0 radical (unpaired) electrons. The standard InChI is InChI=1S/C16H25N3O3/c1-11-5-4-6-14(12(11)2)18-15(20)8-19-10-17-13(9-22-3)7-16(19)21/h7,10-12,14H,4-6,8-9H2,1-3H3,(H,18,20)/t11-,12+,14-/m1/s1. The summed E-state index contributed by atoms with van der Waals surface area (Å²) in [5.74, 6) is 0.961. The van der Waals surface area contributed by atoms with Gasteiger partial charge in [0.05, 0.1) is 18.6 Å². The van der Waals surface area contributed by atoms with Crippen molar-refractivity contribution in [3.05, 3.63) is 28.4 Å². The number of carbonyl (C=O) groups excluding carboxylic acids is 1. The van der Waals surface area contributed by atoms with E-state index in [1.165, 1.54) is 23.4 Å². The van der Waals surface area contributed by atoms with E-state index in [1.54, 1.807) is 7.11 Å². The van der Waals surface area contributed by atoms with Gasteiger partial charge in [-0.25, -0.2) is 4.98 Å². The molecular formula is C16H25N3O3. The summed E-state index contributed by atoms with van der Waals surface area (Å²) < 4.78 is 6.26. The topological polar surface area (TPSA) is 73.2 Å². The lowest BCUT2D eigenvalue weighted by Gasteiger charge is -2.34. The van der Waals surface area contributed by atoms with Crippen LogP contribution in [0.4, 0.5) is 0 Å². The van der Waals surface area contributed by atoms with E-state index in [2.05, 4.69) is 24.1 Å². The Hall–Kier alpha value is -1.69. The van der Waals surface area contributed by atoms with Crippen molar-refractivity contribution < 1.29 is 9.53 Å². The van der Waals surface area contributed by atoms with Crippen LogP contribution < -0.4 is 10.9 Å². The molecule has 0 spiro atoms. The van der Waals surface area contributed by atoms with Gasteiger partial charge >= 0.3 is 0 Å². The Labute approximate surface area is 130 Å². The molecule has 0 bridgehead atoms. The molecule has 0 saturated heterocycles. The van der Waals surface area contributed by atoms with Crippen LogP contribution >= 0.6 is 0 Å². The summed E-state index contributed by atoms with van der Waals surface area (Å²) in [6.45, 7) is 4.71. The number of rotatable bonds is 5. The Kier molecular flexibility index (Phi) is 5.71. The summed E-state index contributed by atoms with van der Waals surface area (Å²) in [7, 11) is 1.55. The molecule has 1 N–H and O–H groups in total. The molecule has 6 heteroatoms. The van der Waals surface area contributed by atoms with Crippen molar-refractivity contribution >= 4 is 5.91 Å². The summed E-state index contributed by atoms with van der Waals surface area (Å²) in [6.07, 6.45) is 4.78. The summed E-state index contributed by atoms with van der Waals surface area (Å²) in [4.78, 5) is 28.2. The highest BCUT2D eigenvalue weighted by Crippen LogP contribution is 2.29. The number of carbonyl (C=O) groups is 1. The molecule has 3 atom stereocenters. The maximum atomic E-state index is 12.2. The van der Waals surface area contributed by atoms with Crippen LogP contribution in [-0.4, -0.2) is 28.6 Å². The van der Waals surface area contributed by atoms with Gasteiger partial charge in [-0.1, -0.05) is 26.7 Å². The molecule has 1 heterocycles. The number of nitrogens with zero attached hydrogens (tertiary/aromatic N) is 2. The van der Waals surface area contributed by atoms with Crippen LogP contribution in [0.5, 0.6) is 0 Å². The highest BCUT2D eigenvalue weighted by Gasteiger charge is 2.28. The van der Waals surface area contributed by atoms with E-state index in [9.17, 15) is 9.59 Å². The normalized spacial score (nSPS) is 25.0. The van der Waals surface area contributed by atoms with Gasteiger partial charge in [-0.2, -0.15) is 0 Å². The quantitative estimate of drug-likeness (QED) is 0.890. The smallest absolute Gasteiger partial charge is 0.254 e. The number of nitrogens with one attached hydrogen (secondary N) is 1. The van der Waals surface area contributed by atoms with Crippen LogP contribution in [0.15, 0.2) is 17.2 Å². The minimum atomic E-state index is -0.234. The molecule has 2 rings (SSSR count). The minimum Gasteiger partial charge on any atom is -0.378 e. The van der Waals surface area contributed by atoms with Crippen molar-refractivity contribution in [2.45, 2.75) is 52.3 Å². The number of hydrogen-bond acceptors (Lipinski definition) is 4. The Bertz CT molecular complexity index is 570. The second-order valence-electron chi connectivity index (χ2n) is 6.22. The molecule has 0 aromatic carbocycles. The van der Waals surface area contributed by atoms with Gasteiger partial charge in [-0.3, -0.25) is 14.2 Å². The SMILES string of the molecule is COCc1cc(=O)n(CC(=O)N[C@@H]2CCC[C@@H](C)[C@@H]2C)cn1. The lowest BCUT2D eigenvalue weighted by molar-refractivity contribution is -0.123. The van der Waals surface area contributed by atoms with Crippen molar-refractivity contribution in [1.29, 1.82) is 0 Å². The summed E-state index contributed by atoms with van der Waals surface area (Å²) in [5, 5.41) is 3.06. The van der Waals surface area contributed by atoms with Crippen LogP contribution in [0.3, 0.4) is 0 Å². The third-order valence-electron chi connectivity index (χ3n) is 4.60. The molecule has 122 valence electrons. The predicted molar refractivity (Wildman–Crippen MR) is 83.3 cm³/mol. The fourth-order valence-electron chi connectivity index (χ4n) is 3.00. The fraction of sp³-hybridized carbons (Fsp3) is 0.688. The van der Waals surface area contributed by atoms with Crippen LogP contribution in [0.25, 0.3) is 0 Å². The van der Waals surface area contributed by atoms with Gasteiger partial charge in [0.1, 0.15) is 6.54 Å². The van der Waals surface area contributed by atoms with Crippen molar-refractivity contribution in [2.75, 3.05) is 7.11 Å². The molecular weight excluding hydrogens is 282 g/mol. The molecule has 0 aliphatic heterocycles. The number of ether oxygens (including phenoxy) is 1. The molecule has 1 aliphatic rings. The van der Waals surface area contributed by atoms with E-state index in [-0.39, 0.29) is 24.1 Å². The lowest BCUT2D eigenvalue weighted by atomic mass is 9.78.